The Bertz CT molecular complexity index is 697. The molecule has 0 saturated heterocycles. The summed E-state index contributed by atoms with van der Waals surface area (Å²) in [4.78, 5) is 4.22. The van der Waals surface area contributed by atoms with Gasteiger partial charge in [0.15, 0.2) is 0 Å². The molecule has 1 aromatic heterocycles. The lowest BCUT2D eigenvalue weighted by atomic mass is 10.3. The van der Waals surface area contributed by atoms with Gasteiger partial charge in [-0.3, -0.25) is 4.72 Å². The number of aromatic nitrogens is 1. The number of pyridine rings is 1. The van der Waals surface area contributed by atoms with Crippen LogP contribution in [0.15, 0.2) is 47.5 Å². The van der Waals surface area contributed by atoms with Crippen molar-refractivity contribution in [2.45, 2.75) is 25.2 Å². The molecule has 21 heavy (non-hydrogen) atoms. The maximum absolute atomic E-state index is 12.3. The van der Waals surface area contributed by atoms with Gasteiger partial charge in [-0.25, -0.2) is 13.4 Å². The monoisotopic (exact) mass is 305 g/mol. The fraction of sp³-hybridized carbons (Fsp3) is 0.267. The second-order valence-electron chi connectivity index (χ2n) is 4.78. The van der Waals surface area contributed by atoms with Crippen molar-refractivity contribution >= 4 is 21.5 Å². The fourth-order valence-corrected chi connectivity index (χ4v) is 2.81. The Balaban J connectivity index is 2.15. The molecule has 112 valence electrons. The van der Waals surface area contributed by atoms with Crippen LogP contribution in [0.3, 0.4) is 0 Å². The maximum atomic E-state index is 12.3. The van der Waals surface area contributed by atoms with Crippen LogP contribution in [-0.4, -0.2) is 19.9 Å². The van der Waals surface area contributed by atoms with Gasteiger partial charge in [-0.2, -0.15) is 0 Å². The Kier molecular flexibility index (Phi) is 4.80. The molecule has 0 saturated carbocycles. The highest BCUT2D eigenvalue weighted by Gasteiger charge is 2.14. The van der Waals surface area contributed by atoms with E-state index in [2.05, 4.69) is 21.9 Å². The number of hydrogen-bond acceptors (Lipinski definition) is 4. The van der Waals surface area contributed by atoms with Crippen LogP contribution in [0.5, 0.6) is 0 Å². The molecule has 2 aromatic rings. The second-order valence-corrected chi connectivity index (χ2v) is 6.46. The highest BCUT2D eigenvalue weighted by Crippen LogP contribution is 2.17. The number of sulfonamides is 1. The van der Waals surface area contributed by atoms with Gasteiger partial charge >= 0.3 is 0 Å². The van der Waals surface area contributed by atoms with Crippen molar-refractivity contribution in [1.82, 2.24) is 4.98 Å². The zero-order chi connectivity index (χ0) is 15.3. The van der Waals surface area contributed by atoms with Crippen LogP contribution in [0.25, 0.3) is 0 Å². The van der Waals surface area contributed by atoms with Gasteiger partial charge in [0.25, 0.3) is 10.0 Å². The van der Waals surface area contributed by atoms with Gasteiger partial charge < -0.3 is 5.32 Å². The molecule has 0 aliphatic heterocycles. The topological polar surface area (TPSA) is 71.1 Å². The minimum Gasteiger partial charge on any atom is -0.385 e. The zero-order valence-corrected chi connectivity index (χ0v) is 12.9. The summed E-state index contributed by atoms with van der Waals surface area (Å²) in [6.45, 7) is 4.82. The van der Waals surface area contributed by atoms with Gasteiger partial charge in [0, 0.05) is 18.4 Å². The van der Waals surface area contributed by atoms with E-state index < -0.39 is 10.0 Å². The molecule has 2 N–H and O–H groups in total. The summed E-state index contributed by atoms with van der Waals surface area (Å²) in [5.74, 6) is 0.322. The molecule has 2 rings (SSSR count). The molecule has 0 aliphatic rings. The molecule has 6 heteroatoms. The largest absolute Gasteiger partial charge is 0.385 e. The van der Waals surface area contributed by atoms with Crippen molar-refractivity contribution in [2.75, 3.05) is 16.6 Å². The van der Waals surface area contributed by atoms with Gasteiger partial charge in [0.05, 0.1) is 4.90 Å². The molecular formula is C15H19N3O2S. The van der Waals surface area contributed by atoms with Crippen LogP contribution in [0.1, 0.15) is 18.9 Å². The van der Waals surface area contributed by atoms with Crippen LogP contribution >= 0.6 is 0 Å². The fourth-order valence-electron chi connectivity index (χ4n) is 1.81. The van der Waals surface area contributed by atoms with E-state index in [4.69, 9.17) is 0 Å². The van der Waals surface area contributed by atoms with Gasteiger partial charge in [-0.05, 0) is 55.3 Å². The lowest BCUT2D eigenvalue weighted by Crippen LogP contribution is -2.14. The maximum Gasteiger partial charge on any atom is 0.263 e. The first-order valence-electron chi connectivity index (χ1n) is 6.80. The first kappa shape index (κ1) is 15.3. The summed E-state index contributed by atoms with van der Waals surface area (Å²) < 4.78 is 27.0. The minimum absolute atomic E-state index is 0.216. The molecule has 1 heterocycles. The minimum atomic E-state index is -3.61. The number of nitrogens with zero attached hydrogens (tertiary/aromatic N) is 1. The Morgan fingerprint density at radius 1 is 1.14 bits per heavy atom. The van der Waals surface area contributed by atoms with Crippen LogP contribution in [0, 0.1) is 6.92 Å². The summed E-state index contributed by atoms with van der Waals surface area (Å²) in [7, 11) is -3.61. The molecule has 0 amide bonds. The van der Waals surface area contributed by atoms with E-state index in [0.29, 0.717) is 5.82 Å². The summed E-state index contributed by atoms with van der Waals surface area (Å²) in [6, 6.07) is 10.2. The van der Waals surface area contributed by atoms with Crippen molar-refractivity contribution in [3.05, 3.63) is 48.2 Å². The number of nitrogens with one attached hydrogen (secondary N) is 2. The third-order valence-electron chi connectivity index (χ3n) is 2.90. The van der Waals surface area contributed by atoms with Gasteiger partial charge in [-0.1, -0.05) is 6.92 Å². The van der Waals surface area contributed by atoms with Crippen molar-refractivity contribution in [2.24, 2.45) is 0 Å². The SMILES string of the molecule is CCCNc1ccc(S(=O)(=O)Nc2cc(C)ccn2)cc1. The first-order valence-corrected chi connectivity index (χ1v) is 8.29. The second kappa shape index (κ2) is 6.58. The predicted molar refractivity (Wildman–Crippen MR) is 85.0 cm³/mol. The first-order chi connectivity index (χ1) is 10.0. The van der Waals surface area contributed by atoms with Crippen molar-refractivity contribution < 1.29 is 8.42 Å². The van der Waals surface area contributed by atoms with E-state index in [-0.39, 0.29) is 4.90 Å². The molecule has 5 nitrogen and oxygen atoms in total. The summed E-state index contributed by atoms with van der Waals surface area (Å²) in [5.41, 5.74) is 1.85. The standard InChI is InChI=1S/C15H19N3O2S/c1-3-9-16-13-4-6-14(7-5-13)21(19,20)18-15-11-12(2)8-10-17-15/h4-8,10-11,16H,3,9H2,1-2H3,(H,17,18). The van der Waals surface area contributed by atoms with E-state index in [9.17, 15) is 8.42 Å². The number of hydrogen-bond donors (Lipinski definition) is 2. The van der Waals surface area contributed by atoms with Crippen molar-refractivity contribution in [3.63, 3.8) is 0 Å². The van der Waals surface area contributed by atoms with Crippen LogP contribution in [-0.2, 0) is 10.0 Å². The van der Waals surface area contributed by atoms with Gasteiger partial charge in [-0.15, -0.1) is 0 Å². The van der Waals surface area contributed by atoms with Crippen molar-refractivity contribution in [1.29, 1.82) is 0 Å². The van der Waals surface area contributed by atoms with E-state index >= 15 is 0 Å². The van der Waals surface area contributed by atoms with Crippen LogP contribution < -0.4 is 10.0 Å². The Hall–Kier alpha value is -2.08. The highest BCUT2D eigenvalue weighted by atomic mass is 32.2. The average molecular weight is 305 g/mol. The number of benzene rings is 1. The van der Waals surface area contributed by atoms with E-state index in [1.807, 2.05) is 13.0 Å². The molecule has 0 radical (unpaired) electrons. The summed E-state index contributed by atoms with van der Waals surface area (Å²) in [6.07, 6.45) is 2.59. The molecule has 1 aromatic carbocycles. The zero-order valence-electron chi connectivity index (χ0n) is 12.1. The summed E-state index contributed by atoms with van der Waals surface area (Å²) >= 11 is 0. The van der Waals surface area contributed by atoms with E-state index in [1.165, 1.54) is 0 Å². The van der Waals surface area contributed by atoms with Gasteiger partial charge in [0.1, 0.15) is 5.82 Å². The number of anilines is 2. The molecular weight excluding hydrogens is 286 g/mol. The molecule has 0 atom stereocenters. The third-order valence-corrected chi connectivity index (χ3v) is 4.27. The van der Waals surface area contributed by atoms with Crippen LogP contribution in [0.4, 0.5) is 11.5 Å². The summed E-state index contributed by atoms with van der Waals surface area (Å²) in [5, 5.41) is 3.20. The average Bonchev–Trinajstić information content (AvgIpc) is 2.45. The lowest BCUT2D eigenvalue weighted by Gasteiger charge is -2.09. The van der Waals surface area contributed by atoms with Gasteiger partial charge in [0.2, 0.25) is 0 Å². The highest BCUT2D eigenvalue weighted by molar-refractivity contribution is 7.92. The molecule has 0 unspecified atom stereocenters. The Labute approximate surface area is 125 Å². The molecule has 0 fully saturated rings. The lowest BCUT2D eigenvalue weighted by molar-refractivity contribution is 0.601. The van der Waals surface area contributed by atoms with E-state index in [1.54, 1.807) is 36.5 Å². The molecule has 0 spiro atoms. The predicted octanol–water partition coefficient (Wildman–Crippen LogP) is 3.01. The smallest absolute Gasteiger partial charge is 0.263 e. The number of rotatable bonds is 6. The van der Waals surface area contributed by atoms with E-state index in [0.717, 1.165) is 24.2 Å². The molecule has 0 bridgehead atoms. The normalized spacial score (nSPS) is 11.1. The third kappa shape index (κ3) is 4.19. The Morgan fingerprint density at radius 2 is 1.86 bits per heavy atom. The Morgan fingerprint density at radius 3 is 2.48 bits per heavy atom. The molecule has 0 aliphatic carbocycles. The van der Waals surface area contributed by atoms with Crippen molar-refractivity contribution in [3.8, 4) is 0 Å². The van der Waals surface area contributed by atoms with Crippen LogP contribution in [0.2, 0.25) is 0 Å². The quantitative estimate of drug-likeness (QED) is 0.860. The number of aryl methyl sites for hydroxylation is 1.